The van der Waals surface area contributed by atoms with Gasteiger partial charge in [-0.15, -0.1) is 4.40 Å². The van der Waals surface area contributed by atoms with Crippen molar-refractivity contribution in [2.75, 3.05) is 31.1 Å². The molecule has 1 aliphatic rings. The van der Waals surface area contributed by atoms with Crippen molar-refractivity contribution in [1.82, 2.24) is 9.21 Å². The van der Waals surface area contributed by atoms with E-state index in [0.29, 0.717) is 6.54 Å². The molecule has 0 saturated carbocycles. The van der Waals surface area contributed by atoms with Gasteiger partial charge in [0.15, 0.2) is 0 Å². The van der Waals surface area contributed by atoms with Crippen molar-refractivity contribution < 1.29 is 16.8 Å². The summed E-state index contributed by atoms with van der Waals surface area (Å²) < 4.78 is 59.5. The van der Waals surface area contributed by atoms with Crippen LogP contribution < -0.4 is 4.90 Å². The van der Waals surface area contributed by atoms with E-state index in [1.54, 1.807) is 48.2 Å². The molecule has 1 heterocycles. The zero-order valence-electron chi connectivity index (χ0n) is 23.1. The van der Waals surface area contributed by atoms with Gasteiger partial charge in [-0.3, -0.25) is 0 Å². The van der Waals surface area contributed by atoms with E-state index >= 15 is 0 Å². The summed E-state index contributed by atoms with van der Waals surface area (Å²) in [5.74, 6) is 0.231. The van der Waals surface area contributed by atoms with Crippen molar-refractivity contribution in [2.45, 2.75) is 50.6 Å². The van der Waals surface area contributed by atoms with Crippen LogP contribution in [-0.2, 0) is 20.0 Å². The van der Waals surface area contributed by atoms with E-state index < -0.39 is 26.2 Å². The van der Waals surface area contributed by atoms with Crippen molar-refractivity contribution in [1.29, 1.82) is 0 Å². The molecule has 1 aliphatic heterocycles. The summed E-state index contributed by atoms with van der Waals surface area (Å²) in [5, 5.41) is 0. The Morgan fingerprint density at radius 2 is 1.31 bits per heavy atom. The number of hydrogen-bond donors (Lipinski definition) is 0. The third-order valence-corrected chi connectivity index (χ3v) is 10.3. The smallest absolute Gasteiger partial charge is 0.283 e. The largest absolute Gasteiger partial charge is 0.372 e. The van der Waals surface area contributed by atoms with Crippen LogP contribution in [0.2, 0.25) is 0 Å². The van der Waals surface area contributed by atoms with E-state index in [-0.39, 0.29) is 22.2 Å². The Morgan fingerprint density at radius 1 is 0.795 bits per heavy atom. The van der Waals surface area contributed by atoms with E-state index in [4.69, 9.17) is 0 Å². The fraction of sp³-hybridized carbons (Fsp3) is 0.345. The van der Waals surface area contributed by atoms with Crippen molar-refractivity contribution >= 4 is 31.6 Å². The molecule has 0 aliphatic carbocycles. The first kappa shape index (κ1) is 28.8. The van der Waals surface area contributed by atoms with Crippen LogP contribution in [0.4, 0.5) is 5.69 Å². The van der Waals surface area contributed by atoms with Gasteiger partial charge in [0.2, 0.25) is 10.0 Å². The number of sulfonamides is 2. The van der Waals surface area contributed by atoms with E-state index in [2.05, 4.69) is 23.1 Å². The summed E-state index contributed by atoms with van der Waals surface area (Å²) in [6.07, 6.45) is -0.751. The summed E-state index contributed by atoms with van der Waals surface area (Å²) >= 11 is 0. The third-order valence-electron chi connectivity index (χ3n) is 7.06. The number of amidine groups is 1. The molecule has 0 aromatic heterocycles. The third kappa shape index (κ3) is 6.03. The number of anilines is 1. The van der Waals surface area contributed by atoms with Crippen molar-refractivity contribution in [3.8, 4) is 0 Å². The Balaban J connectivity index is 1.77. The summed E-state index contributed by atoms with van der Waals surface area (Å²) in [6, 6.07) is 21.1. The molecule has 10 heteroatoms. The normalized spacial score (nSPS) is 17.0. The predicted octanol–water partition coefficient (Wildman–Crippen LogP) is 4.96. The SMILES string of the molecule is CCN(CC)c1ccc(C2N(/C(C)=N\S(=O)(=O)c3ccc(C)cc3)CCN2S(=O)(=O)c2ccc(C)cc2)cc1. The van der Waals surface area contributed by atoms with Gasteiger partial charge in [0.1, 0.15) is 12.0 Å². The lowest BCUT2D eigenvalue weighted by atomic mass is 10.1. The molecular formula is C29H36N4O4S2. The molecule has 1 atom stereocenters. The van der Waals surface area contributed by atoms with Crippen LogP contribution in [0.5, 0.6) is 0 Å². The molecule has 0 bridgehead atoms. The predicted molar refractivity (Wildman–Crippen MR) is 156 cm³/mol. The molecule has 3 aromatic rings. The average molecular weight is 569 g/mol. The second-order valence-electron chi connectivity index (χ2n) is 9.69. The second-order valence-corrected chi connectivity index (χ2v) is 13.2. The molecule has 0 N–H and O–H groups in total. The molecule has 8 nitrogen and oxygen atoms in total. The summed E-state index contributed by atoms with van der Waals surface area (Å²) in [4.78, 5) is 4.25. The molecule has 4 rings (SSSR count). The Labute approximate surface area is 232 Å². The number of benzene rings is 3. The summed E-state index contributed by atoms with van der Waals surface area (Å²) in [7, 11) is -7.86. The molecule has 208 valence electrons. The van der Waals surface area contributed by atoms with Crippen LogP contribution in [0, 0.1) is 13.8 Å². The van der Waals surface area contributed by atoms with Gasteiger partial charge in [-0.1, -0.05) is 47.5 Å². The number of rotatable bonds is 8. The number of aryl methyl sites for hydroxylation is 2. The van der Waals surface area contributed by atoms with Gasteiger partial charge in [-0.05, 0) is 76.6 Å². The monoisotopic (exact) mass is 568 g/mol. The van der Waals surface area contributed by atoms with Crippen LogP contribution in [0.1, 0.15) is 43.6 Å². The molecule has 1 saturated heterocycles. The Bertz CT molecular complexity index is 1530. The lowest BCUT2D eigenvalue weighted by Gasteiger charge is -2.31. The minimum atomic E-state index is -3.98. The number of nitrogens with zero attached hydrogens (tertiary/aromatic N) is 4. The zero-order valence-corrected chi connectivity index (χ0v) is 24.7. The quantitative estimate of drug-likeness (QED) is 0.282. The van der Waals surface area contributed by atoms with E-state index in [1.165, 1.54) is 16.4 Å². The van der Waals surface area contributed by atoms with Crippen LogP contribution in [0.25, 0.3) is 0 Å². The van der Waals surface area contributed by atoms with Gasteiger partial charge in [0, 0.05) is 31.9 Å². The molecule has 1 unspecified atom stereocenters. The highest BCUT2D eigenvalue weighted by atomic mass is 32.2. The minimum Gasteiger partial charge on any atom is -0.372 e. The zero-order chi connectivity index (χ0) is 28.4. The number of hydrogen-bond acceptors (Lipinski definition) is 5. The van der Waals surface area contributed by atoms with Crippen LogP contribution in [-0.4, -0.2) is 58.1 Å². The van der Waals surface area contributed by atoms with E-state index in [0.717, 1.165) is 35.5 Å². The van der Waals surface area contributed by atoms with Gasteiger partial charge in [-0.25, -0.2) is 8.42 Å². The first-order valence-electron chi connectivity index (χ1n) is 13.1. The average Bonchev–Trinajstić information content (AvgIpc) is 3.37. The maximum absolute atomic E-state index is 13.8. The highest BCUT2D eigenvalue weighted by molar-refractivity contribution is 7.90. The first-order chi connectivity index (χ1) is 18.5. The molecule has 0 radical (unpaired) electrons. The van der Waals surface area contributed by atoms with Crippen molar-refractivity contribution in [3.05, 3.63) is 89.5 Å². The van der Waals surface area contributed by atoms with Gasteiger partial charge in [0.05, 0.1) is 9.79 Å². The van der Waals surface area contributed by atoms with Gasteiger partial charge in [0.25, 0.3) is 10.0 Å². The van der Waals surface area contributed by atoms with Crippen molar-refractivity contribution in [3.63, 3.8) is 0 Å². The molecule has 1 fully saturated rings. The Kier molecular flexibility index (Phi) is 8.48. The molecule has 0 amide bonds. The van der Waals surface area contributed by atoms with Crippen LogP contribution in [0.3, 0.4) is 0 Å². The fourth-order valence-corrected chi connectivity index (χ4v) is 7.43. The lowest BCUT2D eigenvalue weighted by Crippen LogP contribution is -2.37. The lowest BCUT2D eigenvalue weighted by molar-refractivity contribution is 0.284. The second kappa shape index (κ2) is 11.5. The highest BCUT2D eigenvalue weighted by Gasteiger charge is 2.42. The fourth-order valence-electron chi connectivity index (χ4n) is 4.82. The highest BCUT2D eigenvalue weighted by Crippen LogP contribution is 2.36. The van der Waals surface area contributed by atoms with Gasteiger partial charge in [-0.2, -0.15) is 12.7 Å². The van der Waals surface area contributed by atoms with E-state index in [9.17, 15) is 16.8 Å². The standard InChI is InChI=1S/C29H36N4O4S2/c1-6-31(7-2)26-14-12-25(13-15-26)29-32(24(5)30-38(34,35)27-16-8-22(3)9-17-27)20-21-33(29)39(36,37)28-18-10-23(4)11-19-28/h8-19,29H,6-7,20-21H2,1-5H3/b30-24-. The first-order valence-corrected chi connectivity index (χ1v) is 15.9. The topological polar surface area (TPSA) is 90.4 Å². The van der Waals surface area contributed by atoms with Crippen molar-refractivity contribution in [2.24, 2.45) is 4.40 Å². The summed E-state index contributed by atoms with van der Waals surface area (Å²) in [6.45, 7) is 11.8. The van der Waals surface area contributed by atoms with Gasteiger partial charge >= 0.3 is 0 Å². The van der Waals surface area contributed by atoms with Crippen LogP contribution >= 0.6 is 0 Å². The molecule has 3 aromatic carbocycles. The Hall–Kier alpha value is -3.21. The van der Waals surface area contributed by atoms with Gasteiger partial charge < -0.3 is 9.80 Å². The molecular weight excluding hydrogens is 532 g/mol. The van der Waals surface area contributed by atoms with Crippen LogP contribution in [0.15, 0.2) is 87.0 Å². The summed E-state index contributed by atoms with van der Waals surface area (Å²) in [5.41, 5.74) is 3.68. The minimum absolute atomic E-state index is 0.0934. The maximum atomic E-state index is 13.8. The Morgan fingerprint density at radius 3 is 1.82 bits per heavy atom. The molecule has 39 heavy (non-hydrogen) atoms. The maximum Gasteiger partial charge on any atom is 0.283 e. The van der Waals surface area contributed by atoms with E-state index in [1.807, 2.05) is 38.1 Å². The molecule has 0 spiro atoms.